The maximum Gasteiger partial charge on any atom is 0.410 e. The molecule has 1 saturated heterocycles. The third-order valence-electron chi connectivity index (χ3n) is 3.22. The van der Waals surface area contributed by atoms with Gasteiger partial charge < -0.3 is 15.4 Å². The van der Waals surface area contributed by atoms with Crippen LogP contribution in [0, 0.1) is 0 Å². The van der Waals surface area contributed by atoms with Gasteiger partial charge in [-0.1, -0.05) is 12.1 Å². The van der Waals surface area contributed by atoms with Gasteiger partial charge in [-0.15, -0.1) is 0 Å². The molecule has 1 aromatic carbocycles. The van der Waals surface area contributed by atoms with Gasteiger partial charge in [-0.2, -0.15) is 0 Å². The third kappa shape index (κ3) is 3.63. The Bertz CT molecular complexity index is 465. The first-order valence-electron chi connectivity index (χ1n) is 6.68. The second kappa shape index (κ2) is 5.11. The zero-order valence-electron chi connectivity index (χ0n) is 11.8. The van der Waals surface area contributed by atoms with Crippen molar-refractivity contribution in [2.24, 2.45) is 0 Å². The monoisotopic (exact) mass is 262 g/mol. The Morgan fingerprint density at radius 1 is 1.42 bits per heavy atom. The Labute approximate surface area is 114 Å². The van der Waals surface area contributed by atoms with Gasteiger partial charge in [0.2, 0.25) is 0 Å². The Kier molecular flexibility index (Phi) is 3.69. The molecule has 0 bridgehead atoms. The van der Waals surface area contributed by atoms with E-state index in [2.05, 4.69) is 6.07 Å². The summed E-state index contributed by atoms with van der Waals surface area (Å²) in [5, 5.41) is 0. The van der Waals surface area contributed by atoms with Crippen molar-refractivity contribution < 1.29 is 9.53 Å². The highest BCUT2D eigenvalue weighted by Crippen LogP contribution is 2.29. The first-order chi connectivity index (χ1) is 8.85. The number of carbonyl (C=O) groups is 1. The normalized spacial score (nSPS) is 19.5. The summed E-state index contributed by atoms with van der Waals surface area (Å²) in [7, 11) is 0. The van der Waals surface area contributed by atoms with Crippen LogP contribution in [0.4, 0.5) is 10.5 Å². The van der Waals surface area contributed by atoms with E-state index in [0.29, 0.717) is 12.5 Å². The molecule has 0 saturated carbocycles. The van der Waals surface area contributed by atoms with E-state index in [9.17, 15) is 4.79 Å². The fourth-order valence-electron chi connectivity index (χ4n) is 2.34. The molecule has 19 heavy (non-hydrogen) atoms. The molecule has 104 valence electrons. The lowest BCUT2D eigenvalue weighted by atomic mass is 9.98. The summed E-state index contributed by atoms with van der Waals surface area (Å²) in [5.41, 5.74) is 7.33. The van der Waals surface area contributed by atoms with Crippen LogP contribution in [0.5, 0.6) is 0 Å². The lowest BCUT2D eigenvalue weighted by molar-refractivity contribution is 0.0292. The van der Waals surface area contributed by atoms with Gasteiger partial charge in [0, 0.05) is 24.7 Å². The van der Waals surface area contributed by atoms with Gasteiger partial charge in [0.15, 0.2) is 0 Å². The van der Waals surface area contributed by atoms with Crippen LogP contribution >= 0.6 is 0 Å². The molecule has 1 aliphatic heterocycles. The molecule has 2 N–H and O–H groups in total. The number of benzene rings is 1. The van der Waals surface area contributed by atoms with Gasteiger partial charge >= 0.3 is 6.09 Å². The van der Waals surface area contributed by atoms with Crippen LogP contribution < -0.4 is 5.73 Å². The topological polar surface area (TPSA) is 55.6 Å². The molecule has 1 atom stereocenters. The highest BCUT2D eigenvalue weighted by atomic mass is 16.6. The van der Waals surface area contributed by atoms with Crippen molar-refractivity contribution in [3.63, 3.8) is 0 Å². The molecular weight excluding hydrogens is 240 g/mol. The average Bonchev–Trinajstić information content (AvgIpc) is 2.75. The number of amides is 1. The van der Waals surface area contributed by atoms with E-state index in [4.69, 9.17) is 10.5 Å². The van der Waals surface area contributed by atoms with Crippen molar-refractivity contribution in [1.82, 2.24) is 4.90 Å². The van der Waals surface area contributed by atoms with E-state index in [1.807, 2.05) is 39.0 Å². The fourth-order valence-corrected chi connectivity index (χ4v) is 2.34. The molecule has 1 fully saturated rings. The number of hydrogen-bond donors (Lipinski definition) is 1. The van der Waals surface area contributed by atoms with Crippen molar-refractivity contribution in [3.05, 3.63) is 29.8 Å². The third-order valence-corrected chi connectivity index (χ3v) is 3.22. The minimum Gasteiger partial charge on any atom is -0.444 e. The van der Waals surface area contributed by atoms with Gasteiger partial charge in [-0.25, -0.2) is 4.79 Å². The summed E-state index contributed by atoms with van der Waals surface area (Å²) in [4.78, 5) is 13.8. The lowest BCUT2D eigenvalue weighted by Gasteiger charge is -2.24. The van der Waals surface area contributed by atoms with Crippen LogP contribution in [0.1, 0.15) is 38.7 Å². The minimum absolute atomic E-state index is 0.223. The van der Waals surface area contributed by atoms with Crippen molar-refractivity contribution in [2.45, 2.75) is 38.7 Å². The summed E-state index contributed by atoms with van der Waals surface area (Å²) in [6.45, 7) is 7.11. The van der Waals surface area contributed by atoms with Crippen molar-refractivity contribution in [1.29, 1.82) is 0 Å². The van der Waals surface area contributed by atoms with Crippen LogP contribution in [-0.2, 0) is 4.74 Å². The van der Waals surface area contributed by atoms with Crippen LogP contribution in [0.2, 0.25) is 0 Å². The van der Waals surface area contributed by atoms with Crippen LogP contribution in [0.3, 0.4) is 0 Å². The Morgan fingerprint density at radius 3 is 2.79 bits per heavy atom. The SMILES string of the molecule is CC(C)(C)OC(=O)N1CCC(c2cccc(N)c2)C1. The number of rotatable bonds is 1. The fraction of sp³-hybridized carbons (Fsp3) is 0.533. The quantitative estimate of drug-likeness (QED) is 0.791. The van der Waals surface area contributed by atoms with Crippen molar-refractivity contribution >= 4 is 11.8 Å². The Hall–Kier alpha value is -1.71. The molecular formula is C15H22N2O2. The maximum absolute atomic E-state index is 12.0. The maximum atomic E-state index is 12.0. The predicted octanol–water partition coefficient (Wildman–Crippen LogP) is 2.99. The van der Waals surface area contributed by atoms with E-state index >= 15 is 0 Å². The first-order valence-corrected chi connectivity index (χ1v) is 6.68. The molecule has 1 aromatic rings. The van der Waals surface area contributed by atoms with Gasteiger partial charge in [0.05, 0.1) is 0 Å². The number of nitrogens with two attached hydrogens (primary N) is 1. The zero-order valence-corrected chi connectivity index (χ0v) is 11.8. The highest BCUT2D eigenvalue weighted by Gasteiger charge is 2.30. The zero-order chi connectivity index (χ0) is 14.0. The number of nitrogens with zero attached hydrogens (tertiary/aromatic N) is 1. The summed E-state index contributed by atoms with van der Waals surface area (Å²) in [6.07, 6.45) is 0.738. The molecule has 0 radical (unpaired) electrons. The molecule has 1 aliphatic rings. The van der Waals surface area contributed by atoms with Gasteiger partial charge in [-0.05, 0) is 44.9 Å². The molecule has 1 amide bonds. The smallest absolute Gasteiger partial charge is 0.410 e. The Morgan fingerprint density at radius 2 is 2.16 bits per heavy atom. The van der Waals surface area contributed by atoms with Crippen molar-refractivity contribution in [2.75, 3.05) is 18.8 Å². The van der Waals surface area contributed by atoms with E-state index in [-0.39, 0.29) is 6.09 Å². The Balaban J connectivity index is 1.98. The average molecular weight is 262 g/mol. The van der Waals surface area contributed by atoms with Crippen LogP contribution in [0.15, 0.2) is 24.3 Å². The summed E-state index contributed by atoms with van der Waals surface area (Å²) >= 11 is 0. The van der Waals surface area contributed by atoms with E-state index in [0.717, 1.165) is 18.7 Å². The predicted molar refractivity (Wildman–Crippen MR) is 76.0 cm³/mol. The first kappa shape index (κ1) is 13.7. The summed E-state index contributed by atoms with van der Waals surface area (Å²) in [6, 6.07) is 7.90. The second-order valence-electron chi connectivity index (χ2n) is 6.08. The van der Waals surface area contributed by atoms with Crippen LogP contribution in [-0.4, -0.2) is 29.7 Å². The molecule has 0 spiro atoms. The van der Waals surface area contributed by atoms with E-state index in [1.165, 1.54) is 5.56 Å². The minimum atomic E-state index is -0.438. The van der Waals surface area contributed by atoms with E-state index in [1.54, 1.807) is 4.90 Å². The number of likely N-dealkylation sites (tertiary alicyclic amines) is 1. The summed E-state index contributed by atoms with van der Waals surface area (Å²) in [5.74, 6) is 0.357. The number of carbonyl (C=O) groups excluding carboxylic acids is 1. The number of anilines is 1. The lowest BCUT2D eigenvalue weighted by Crippen LogP contribution is -2.35. The van der Waals surface area contributed by atoms with Gasteiger partial charge in [0.25, 0.3) is 0 Å². The van der Waals surface area contributed by atoms with Crippen molar-refractivity contribution in [3.8, 4) is 0 Å². The number of ether oxygens (including phenoxy) is 1. The van der Waals surface area contributed by atoms with Gasteiger partial charge in [-0.3, -0.25) is 0 Å². The largest absolute Gasteiger partial charge is 0.444 e. The molecule has 2 rings (SSSR count). The second-order valence-corrected chi connectivity index (χ2v) is 6.08. The van der Waals surface area contributed by atoms with Gasteiger partial charge in [0.1, 0.15) is 5.60 Å². The standard InChI is InChI=1S/C15H22N2O2/c1-15(2,3)19-14(18)17-8-7-12(10-17)11-5-4-6-13(16)9-11/h4-6,9,12H,7-8,10,16H2,1-3H3. The molecule has 0 aromatic heterocycles. The highest BCUT2D eigenvalue weighted by molar-refractivity contribution is 5.68. The van der Waals surface area contributed by atoms with E-state index < -0.39 is 5.60 Å². The molecule has 1 unspecified atom stereocenters. The van der Waals surface area contributed by atoms with Crippen LogP contribution in [0.25, 0.3) is 0 Å². The molecule has 4 nitrogen and oxygen atoms in total. The summed E-state index contributed by atoms with van der Waals surface area (Å²) < 4.78 is 5.39. The number of hydrogen-bond acceptors (Lipinski definition) is 3. The number of nitrogen functional groups attached to an aromatic ring is 1. The molecule has 4 heteroatoms. The molecule has 0 aliphatic carbocycles. The molecule has 1 heterocycles.